The molecule has 1 N–H and O–H groups in total. The van der Waals surface area contributed by atoms with Gasteiger partial charge in [0.2, 0.25) is 11.8 Å². The van der Waals surface area contributed by atoms with Crippen LogP contribution in [-0.4, -0.2) is 30.4 Å². The standard InChI is InChI=1S/C18H17N3O5/c1-26-14-7-8-16(21(24)25)15(10-14)19-18(23)12-9-17(22)20(11-12)13-5-3-2-4-6-13/h2-8,10,12H,9,11H2,1H3,(H,19,23)/t12-/m1/s1. The number of hydrogen-bond acceptors (Lipinski definition) is 5. The second kappa shape index (κ2) is 7.22. The highest BCUT2D eigenvalue weighted by Crippen LogP contribution is 2.31. The Morgan fingerprint density at radius 2 is 2.00 bits per heavy atom. The minimum atomic E-state index is -0.589. The number of amides is 2. The maximum Gasteiger partial charge on any atom is 0.293 e. The van der Waals surface area contributed by atoms with Gasteiger partial charge in [-0.2, -0.15) is 0 Å². The molecule has 2 aromatic rings. The first-order chi connectivity index (χ1) is 12.5. The molecular formula is C18H17N3O5. The van der Waals surface area contributed by atoms with Crippen molar-refractivity contribution < 1.29 is 19.2 Å². The van der Waals surface area contributed by atoms with Crippen LogP contribution in [0.25, 0.3) is 0 Å². The topological polar surface area (TPSA) is 102 Å². The van der Waals surface area contributed by atoms with Gasteiger partial charge < -0.3 is 15.0 Å². The molecule has 8 heteroatoms. The third-order valence-electron chi connectivity index (χ3n) is 4.22. The molecule has 8 nitrogen and oxygen atoms in total. The molecule has 26 heavy (non-hydrogen) atoms. The van der Waals surface area contributed by atoms with E-state index in [1.54, 1.807) is 17.0 Å². The number of hydrogen-bond donors (Lipinski definition) is 1. The lowest BCUT2D eigenvalue weighted by molar-refractivity contribution is -0.383. The number of methoxy groups -OCH3 is 1. The highest BCUT2D eigenvalue weighted by atomic mass is 16.6. The summed E-state index contributed by atoms with van der Waals surface area (Å²) in [5.74, 6) is -0.794. The van der Waals surface area contributed by atoms with E-state index < -0.39 is 16.7 Å². The lowest BCUT2D eigenvalue weighted by Gasteiger charge is -2.16. The van der Waals surface area contributed by atoms with Crippen molar-refractivity contribution in [1.29, 1.82) is 0 Å². The first-order valence-electron chi connectivity index (χ1n) is 7.98. The largest absolute Gasteiger partial charge is 0.497 e. The molecule has 1 fully saturated rings. The molecule has 0 radical (unpaired) electrons. The Morgan fingerprint density at radius 3 is 2.65 bits per heavy atom. The van der Waals surface area contributed by atoms with Crippen molar-refractivity contribution in [3.63, 3.8) is 0 Å². The number of anilines is 2. The molecule has 0 bridgehead atoms. The van der Waals surface area contributed by atoms with Crippen molar-refractivity contribution in [3.05, 3.63) is 58.6 Å². The van der Waals surface area contributed by atoms with E-state index in [9.17, 15) is 19.7 Å². The monoisotopic (exact) mass is 355 g/mol. The number of carbonyl (C=O) groups excluding carboxylic acids is 2. The molecule has 0 aromatic heterocycles. The van der Waals surface area contributed by atoms with E-state index >= 15 is 0 Å². The van der Waals surface area contributed by atoms with E-state index in [0.717, 1.165) is 5.69 Å². The van der Waals surface area contributed by atoms with Crippen LogP contribution in [0.5, 0.6) is 5.75 Å². The van der Waals surface area contributed by atoms with Crippen LogP contribution in [0.4, 0.5) is 17.1 Å². The van der Waals surface area contributed by atoms with Gasteiger partial charge in [-0.25, -0.2) is 0 Å². The van der Waals surface area contributed by atoms with E-state index in [1.807, 2.05) is 18.2 Å². The third-order valence-corrected chi connectivity index (χ3v) is 4.22. The molecule has 1 heterocycles. The average molecular weight is 355 g/mol. The summed E-state index contributed by atoms with van der Waals surface area (Å²) in [6.45, 7) is 0.229. The van der Waals surface area contributed by atoms with Gasteiger partial charge in [0.05, 0.1) is 18.0 Å². The molecule has 1 saturated heterocycles. The van der Waals surface area contributed by atoms with Gasteiger partial charge in [-0.3, -0.25) is 19.7 Å². The number of carbonyl (C=O) groups is 2. The van der Waals surface area contributed by atoms with Crippen LogP contribution in [0.15, 0.2) is 48.5 Å². The number of nitrogens with zero attached hydrogens (tertiary/aromatic N) is 2. The second-order valence-electron chi connectivity index (χ2n) is 5.87. The SMILES string of the molecule is COc1ccc([N+](=O)[O-])c(NC(=O)[C@@H]2CC(=O)N(c3ccccc3)C2)c1. The summed E-state index contributed by atoms with van der Waals surface area (Å²) in [7, 11) is 1.43. The van der Waals surface area contributed by atoms with Gasteiger partial charge in [0, 0.05) is 30.8 Å². The Balaban J connectivity index is 1.77. The van der Waals surface area contributed by atoms with Gasteiger partial charge in [-0.1, -0.05) is 18.2 Å². The summed E-state index contributed by atoms with van der Waals surface area (Å²) < 4.78 is 5.05. The second-order valence-corrected chi connectivity index (χ2v) is 5.87. The molecule has 0 spiro atoms. The first-order valence-corrected chi connectivity index (χ1v) is 7.98. The summed E-state index contributed by atoms with van der Waals surface area (Å²) in [5, 5.41) is 13.7. The quantitative estimate of drug-likeness (QED) is 0.656. The maximum atomic E-state index is 12.6. The van der Waals surface area contributed by atoms with Gasteiger partial charge >= 0.3 is 0 Å². The zero-order chi connectivity index (χ0) is 18.7. The normalized spacial score (nSPS) is 16.4. The number of nitro groups is 1. The van der Waals surface area contributed by atoms with Crippen LogP contribution in [0, 0.1) is 16.0 Å². The Hall–Kier alpha value is -3.42. The number of para-hydroxylation sites is 1. The predicted molar refractivity (Wildman–Crippen MR) is 95.2 cm³/mol. The molecular weight excluding hydrogens is 338 g/mol. The van der Waals surface area contributed by atoms with Crippen molar-refractivity contribution in [1.82, 2.24) is 0 Å². The van der Waals surface area contributed by atoms with Crippen LogP contribution >= 0.6 is 0 Å². The van der Waals surface area contributed by atoms with Gasteiger partial charge in [-0.05, 0) is 18.2 Å². The molecule has 2 amide bonds. The molecule has 0 unspecified atom stereocenters. The molecule has 0 aliphatic carbocycles. The smallest absolute Gasteiger partial charge is 0.293 e. The minimum absolute atomic E-state index is 0.0463. The predicted octanol–water partition coefficient (Wildman–Crippen LogP) is 2.60. The molecule has 0 saturated carbocycles. The van der Waals surface area contributed by atoms with Gasteiger partial charge in [-0.15, -0.1) is 0 Å². The van der Waals surface area contributed by atoms with Gasteiger partial charge in [0.1, 0.15) is 11.4 Å². The first kappa shape index (κ1) is 17.4. The van der Waals surface area contributed by atoms with Gasteiger partial charge in [0.25, 0.3) is 5.69 Å². The Morgan fingerprint density at radius 1 is 1.27 bits per heavy atom. The fraction of sp³-hybridized carbons (Fsp3) is 0.222. The van der Waals surface area contributed by atoms with Crippen molar-refractivity contribution in [2.45, 2.75) is 6.42 Å². The van der Waals surface area contributed by atoms with Crippen molar-refractivity contribution in [2.24, 2.45) is 5.92 Å². The summed E-state index contributed by atoms with van der Waals surface area (Å²) in [4.78, 5) is 36.9. The Bertz CT molecular complexity index is 853. The number of nitro benzene ring substituents is 1. The molecule has 1 aliphatic rings. The zero-order valence-corrected chi connectivity index (χ0v) is 14.0. The number of ether oxygens (including phenoxy) is 1. The lowest BCUT2D eigenvalue weighted by atomic mass is 10.1. The maximum absolute atomic E-state index is 12.6. The third kappa shape index (κ3) is 3.49. The number of nitrogens with one attached hydrogen (secondary N) is 1. The van der Waals surface area contributed by atoms with E-state index in [4.69, 9.17) is 4.74 Å². The van der Waals surface area contributed by atoms with Crippen LogP contribution < -0.4 is 15.0 Å². The van der Waals surface area contributed by atoms with E-state index in [-0.39, 0.29) is 30.2 Å². The van der Waals surface area contributed by atoms with E-state index in [0.29, 0.717) is 5.75 Å². The summed E-state index contributed by atoms with van der Waals surface area (Å²) in [6.07, 6.45) is 0.0541. The number of rotatable bonds is 5. The molecule has 134 valence electrons. The van der Waals surface area contributed by atoms with Crippen LogP contribution in [0.1, 0.15) is 6.42 Å². The van der Waals surface area contributed by atoms with E-state index in [2.05, 4.69) is 5.32 Å². The van der Waals surface area contributed by atoms with E-state index in [1.165, 1.54) is 25.3 Å². The minimum Gasteiger partial charge on any atom is -0.497 e. The zero-order valence-electron chi connectivity index (χ0n) is 14.0. The van der Waals surface area contributed by atoms with Crippen molar-refractivity contribution in [2.75, 3.05) is 23.9 Å². The molecule has 3 rings (SSSR count). The summed E-state index contributed by atoms with van der Waals surface area (Å²) in [6, 6.07) is 13.2. The Kier molecular flexibility index (Phi) is 4.83. The summed E-state index contributed by atoms with van der Waals surface area (Å²) >= 11 is 0. The number of benzene rings is 2. The van der Waals surface area contributed by atoms with Crippen molar-refractivity contribution in [3.8, 4) is 5.75 Å². The average Bonchev–Trinajstić information content (AvgIpc) is 3.04. The Labute approximate surface area is 149 Å². The van der Waals surface area contributed by atoms with Gasteiger partial charge in [0.15, 0.2) is 0 Å². The summed E-state index contributed by atoms with van der Waals surface area (Å²) in [5.41, 5.74) is 0.536. The van der Waals surface area contributed by atoms with Crippen LogP contribution in [-0.2, 0) is 9.59 Å². The molecule has 1 aliphatic heterocycles. The molecule has 2 aromatic carbocycles. The van der Waals surface area contributed by atoms with Crippen molar-refractivity contribution >= 4 is 28.9 Å². The highest BCUT2D eigenvalue weighted by Gasteiger charge is 2.35. The molecule has 1 atom stereocenters. The fourth-order valence-corrected chi connectivity index (χ4v) is 2.88. The van der Waals surface area contributed by atoms with Crippen LogP contribution in [0.2, 0.25) is 0 Å². The highest BCUT2D eigenvalue weighted by molar-refractivity contribution is 6.04. The fourth-order valence-electron chi connectivity index (χ4n) is 2.88. The lowest BCUT2D eigenvalue weighted by Crippen LogP contribution is -2.28. The van der Waals surface area contributed by atoms with Crippen LogP contribution in [0.3, 0.4) is 0 Å².